The van der Waals surface area contributed by atoms with E-state index in [1.54, 1.807) is 18.5 Å². The van der Waals surface area contributed by atoms with Crippen LogP contribution in [0.1, 0.15) is 24.8 Å². The van der Waals surface area contributed by atoms with E-state index in [9.17, 15) is 8.42 Å². The van der Waals surface area contributed by atoms with E-state index in [0.717, 1.165) is 24.8 Å². The summed E-state index contributed by atoms with van der Waals surface area (Å²) in [5.41, 5.74) is 0.841. The van der Waals surface area contributed by atoms with Crippen LogP contribution in [0.25, 0.3) is 0 Å². The quantitative estimate of drug-likeness (QED) is 0.811. The van der Waals surface area contributed by atoms with Gasteiger partial charge in [0.2, 0.25) is 10.0 Å². The average Bonchev–Trinajstić information content (AvgIpc) is 2.35. The summed E-state index contributed by atoms with van der Waals surface area (Å²) in [5.74, 6) is 0.493. The van der Waals surface area contributed by atoms with Crippen molar-refractivity contribution in [2.24, 2.45) is 5.92 Å². The summed E-state index contributed by atoms with van der Waals surface area (Å²) in [6, 6.07) is 3.63. The van der Waals surface area contributed by atoms with Crippen molar-refractivity contribution in [1.29, 1.82) is 0 Å². The lowest BCUT2D eigenvalue weighted by Gasteiger charge is -2.29. The van der Waals surface area contributed by atoms with Gasteiger partial charge in [0.1, 0.15) is 0 Å². The van der Waals surface area contributed by atoms with Crippen LogP contribution in [-0.2, 0) is 16.6 Å². The van der Waals surface area contributed by atoms with Gasteiger partial charge >= 0.3 is 0 Å². The van der Waals surface area contributed by atoms with Crippen molar-refractivity contribution in [3.8, 4) is 0 Å². The van der Waals surface area contributed by atoms with E-state index in [2.05, 4.69) is 4.98 Å². The minimum Gasteiger partial charge on any atom is -0.395 e. The van der Waals surface area contributed by atoms with Crippen molar-refractivity contribution < 1.29 is 13.5 Å². The second-order valence-electron chi connectivity index (χ2n) is 4.99. The molecule has 0 spiro atoms. The molecule has 0 unspecified atom stereocenters. The maximum atomic E-state index is 12.3. The lowest BCUT2D eigenvalue weighted by molar-refractivity contribution is 0.248. The van der Waals surface area contributed by atoms with Crippen LogP contribution < -0.4 is 0 Å². The summed E-state index contributed by atoms with van der Waals surface area (Å²) in [6.07, 6.45) is 6.44. The Balaban J connectivity index is 2.05. The minimum absolute atomic E-state index is 0.143. The molecule has 1 aliphatic carbocycles. The molecule has 1 aromatic heterocycles. The predicted molar refractivity (Wildman–Crippen MR) is 72.9 cm³/mol. The number of hydrogen-bond acceptors (Lipinski definition) is 4. The van der Waals surface area contributed by atoms with Gasteiger partial charge in [0, 0.05) is 25.5 Å². The van der Waals surface area contributed by atoms with Crippen LogP contribution in [0.2, 0.25) is 0 Å². The molecule has 5 nitrogen and oxygen atoms in total. The van der Waals surface area contributed by atoms with E-state index >= 15 is 0 Å². The maximum absolute atomic E-state index is 12.3. The molecule has 0 aromatic carbocycles. The summed E-state index contributed by atoms with van der Waals surface area (Å²) in [7, 11) is -3.30. The smallest absolute Gasteiger partial charge is 0.214 e. The third-order valence-electron chi connectivity index (χ3n) is 3.50. The van der Waals surface area contributed by atoms with Crippen LogP contribution in [0.15, 0.2) is 24.5 Å². The van der Waals surface area contributed by atoms with Gasteiger partial charge in [0.05, 0.1) is 12.4 Å². The number of rotatable bonds is 7. The van der Waals surface area contributed by atoms with Crippen LogP contribution in [-0.4, -0.2) is 41.7 Å². The Bertz CT molecular complexity index is 486. The van der Waals surface area contributed by atoms with Crippen molar-refractivity contribution >= 4 is 10.0 Å². The van der Waals surface area contributed by atoms with Crippen molar-refractivity contribution in [2.75, 3.05) is 18.9 Å². The second-order valence-corrected chi connectivity index (χ2v) is 7.01. The zero-order valence-electron chi connectivity index (χ0n) is 10.9. The Morgan fingerprint density at radius 1 is 1.42 bits per heavy atom. The fraction of sp³-hybridized carbons (Fsp3) is 0.615. The Labute approximate surface area is 114 Å². The number of aliphatic hydroxyl groups excluding tert-OH is 1. The highest BCUT2D eigenvalue weighted by Gasteiger charge is 2.29. The SMILES string of the molecule is O=S(=O)(CC1CCC1)N(CCO)Cc1cccnc1. The van der Waals surface area contributed by atoms with Crippen molar-refractivity contribution in [2.45, 2.75) is 25.8 Å². The van der Waals surface area contributed by atoms with Gasteiger partial charge in [-0.3, -0.25) is 4.98 Å². The first-order chi connectivity index (χ1) is 9.12. The molecule has 0 radical (unpaired) electrons. The highest BCUT2D eigenvalue weighted by atomic mass is 32.2. The molecule has 0 aliphatic heterocycles. The first kappa shape index (κ1) is 14.4. The molecule has 0 saturated heterocycles. The zero-order valence-corrected chi connectivity index (χ0v) is 11.7. The lowest BCUT2D eigenvalue weighted by Crippen LogP contribution is -2.38. The van der Waals surface area contributed by atoms with Crippen molar-refractivity contribution in [1.82, 2.24) is 9.29 Å². The number of nitrogens with zero attached hydrogens (tertiary/aromatic N) is 2. The normalized spacial score (nSPS) is 16.5. The van der Waals surface area contributed by atoms with Crippen LogP contribution >= 0.6 is 0 Å². The largest absolute Gasteiger partial charge is 0.395 e. The summed E-state index contributed by atoms with van der Waals surface area (Å²) in [5, 5.41) is 9.06. The number of pyridine rings is 1. The molecule has 0 amide bonds. The average molecular weight is 284 g/mol. The Hall–Kier alpha value is -0.980. The Morgan fingerprint density at radius 2 is 2.21 bits per heavy atom. The van der Waals surface area contributed by atoms with E-state index in [4.69, 9.17) is 5.11 Å². The highest BCUT2D eigenvalue weighted by molar-refractivity contribution is 7.89. The Morgan fingerprint density at radius 3 is 2.74 bits per heavy atom. The number of hydrogen-bond donors (Lipinski definition) is 1. The number of sulfonamides is 1. The fourth-order valence-corrected chi connectivity index (χ4v) is 4.03. The van der Waals surface area contributed by atoms with E-state index in [0.29, 0.717) is 5.92 Å². The lowest BCUT2D eigenvalue weighted by atomic mass is 9.87. The molecule has 1 N–H and O–H groups in total. The molecule has 1 aromatic rings. The standard InChI is InChI=1S/C13H20N2O3S/c16-8-7-15(10-13-5-2-6-14-9-13)19(17,18)11-12-3-1-4-12/h2,5-6,9,12,16H,1,3-4,7-8,10-11H2. The van der Waals surface area contributed by atoms with E-state index < -0.39 is 10.0 Å². The summed E-state index contributed by atoms with van der Waals surface area (Å²) in [6.45, 7) is 0.261. The summed E-state index contributed by atoms with van der Waals surface area (Å²) >= 11 is 0. The second kappa shape index (κ2) is 6.45. The first-order valence-corrected chi connectivity index (χ1v) is 8.20. The van der Waals surface area contributed by atoms with Gasteiger partial charge < -0.3 is 5.11 Å². The molecular formula is C13H20N2O3S. The van der Waals surface area contributed by atoms with Crippen molar-refractivity contribution in [3.05, 3.63) is 30.1 Å². The first-order valence-electron chi connectivity index (χ1n) is 6.59. The van der Waals surface area contributed by atoms with Crippen LogP contribution in [0.3, 0.4) is 0 Å². The van der Waals surface area contributed by atoms with Crippen LogP contribution in [0.5, 0.6) is 0 Å². The fourth-order valence-electron chi connectivity index (χ4n) is 2.19. The van der Waals surface area contributed by atoms with Gasteiger partial charge in [-0.2, -0.15) is 4.31 Å². The molecule has 1 heterocycles. The maximum Gasteiger partial charge on any atom is 0.214 e. The molecule has 1 saturated carbocycles. The molecule has 1 fully saturated rings. The van der Waals surface area contributed by atoms with E-state index in [-0.39, 0.29) is 25.4 Å². The molecule has 6 heteroatoms. The van der Waals surface area contributed by atoms with Crippen molar-refractivity contribution in [3.63, 3.8) is 0 Å². The monoisotopic (exact) mass is 284 g/mol. The summed E-state index contributed by atoms with van der Waals surface area (Å²) < 4.78 is 26.0. The van der Waals surface area contributed by atoms with E-state index in [1.807, 2.05) is 6.07 Å². The molecule has 2 rings (SSSR count). The zero-order chi connectivity index (χ0) is 13.7. The van der Waals surface area contributed by atoms with Gasteiger partial charge in [-0.15, -0.1) is 0 Å². The molecule has 0 bridgehead atoms. The van der Waals surface area contributed by atoms with Gasteiger partial charge in [-0.25, -0.2) is 8.42 Å². The minimum atomic E-state index is -3.30. The van der Waals surface area contributed by atoms with Gasteiger partial charge in [0.25, 0.3) is 0 Å². The van der Waals surface area contributed by atoms with E-state index in [1.165, 1.54) is 4.31 Å². The molecule has 106 valence electrons. The van der Waals surface area contributed by atoms with Gasteiger partial charge in [-0.1, -0.05) is 12.5 Å². The summed E-state index contributed by atoms with van der Waals surface area (Å²) in [4.78, 5) is 3.98. The molecule has 1 aliphatic rings. The van der Waals surface area contributed by atoms with Gasteiger partial charge in [0.15, 0.2) is 0 Å². The molecule has 19 heavy (non-hydrogen) atoms. The number of aromatic nitrogens is 1. The van der Waals surface area contributed by atoms with Crippen LogP contribution in [0, 0.1) is 5.92 Å². The number of aliphatic hydroxyl groups is 1. The third kappa shape index (κ3) is 3.99. The predicted octanol–water partition coefficient (Wildman–Crippen LogP) is 1.01. The van der Waals surface area contributed by atoms with Crippen LogP contribution in [0.4, 0.5) is 0 Å². The van der Waals surface area contributed by atoms with Gasteiger partial charge in [-0.05, 0) is 30.4 Å². The third-order valence-corrected chi connectivity index (χ3v) is 5.49. The molecular weight excluding hydrogens is 264 g/mol. The Kier molecular flexibility index (Phi) is 4.90. The molecule has 0 atom stereocenters. The highest BCUT2D eigenvalue weighted by Crippen LogP contribution is 2.28. The topological polar surface area (TPSA) is 70.5 Å².